The van der Waals surface area contributed by atoms with Gasteiger partial charge in [-0.05, 0) is 37.5 Å². The number of rotatable bonds is 2. The Labute approximate surface area is 158 Å². The third-order valence-electron chi connectivity index (χ3n) is 5.54. The standard InChI is InChI=1S/C23H21N3O/c1-15-20-21(16-9-4-2-5-10-16)22-18(13-8-14-19(22)27)24-23(20)26(25-15)17-11-6-3-7-12-17/h2-7,9-12,21,24H,8,13-14H2,1H3/t21-/m0/s1. The maximum Gasteiger partial charge on any atom is 0.161 e. The molecule has 2 aromatic carbocycles. The van der Waals surface area contributed by atoms with Gasteiger partial charge in [-0.3, -0.25) is 4.79 Å². The summed E-state index contributed by atoms with van der Waals surface area (Å²) in [7, 11) is 0. The highest BCUT2D eigenvalue weighted by Crippen LogP contribution is 2.47. The molecule has 1 N–H and O–H groups in total. The number of nitrogens with one attached hydrogen (secondary N) is 1. The number of fused-ring (bicyclic) bond motifs is 1. The molecule has 1 aromatic heterocycles. The molecule has 1 aliphatic heterocycles. The lowest BCUT2D eigenvalue weighted by Crippen LogP contribution is -2.27. The number of carbonyl (C=O) groups is 1. The molecule has 4 heteroatoms. The van der Waals surface area contributed by atoms with Gasteiger partial charge in [0, 0.05) is 29.2 Å². The van der Waals surface area contributed by atoms with Crippen LogP contribution < -0.4 is 5.32 Å². The molecule has 3 aromatic rings. The Morgan fingerprint density at radius 2 is 1.70 bits per heavy atom. The fourth-order valence-electron chi connectivity index (χ4n) is 4.36. The maximum absolute atomic E-state index is 12.9. The highest BCUT2D eigenvalue weighted by atomic mass is 16.1. The summed E-state index contributed by atoms with van der Waals surface area (Å²) in [4.78, 5) is 12.9. The van der Waals surface area contributed by atoms with Crippen LogP contribution >= 0.6 is 0 Å². The number of aromatic nitrogens is 2. The van der Waals surface area contributed by atoms with E-state index >= 15 is 0 Å². The number of aryl methyl sites for hydroxylation is 1. The molecule has 0 spiro atoms. The number of Topliss-reactive ketones (excluding diaryl/α,β-unsaturated/α-hetero) is 1. The van der Waals surface area contributed by atoms with Crippen molar-refractivity contribution in [2.45, 2.75) is 32.1 Å². The number of nitrogens with zero attached hydrogens (tertiary/aromatic N) is 2. The number of allylic oxidation sites excluding steroid dienone is 2. The summed E-state index contributed by atoms with van der Waals surface area (Å²) in [5, 5.41) is 8.41. The van der Waals surface area contributed by atoms with E-state index in [-0.39, 0.29) is 11.7 Å². The number of para-hydroxylation sites is 1. The van der Waals surface area contributed by atoms with Crippen LogP contribution in [0.1, 0.15) is 42.0 Å². The van der Waals surface area contributed by atoms with Crippen LogP contribution in [0.3, 0.4) is 0 Å². The van der Waals surface area contributed by atoms with Crippen molar-refractivity contribution in [1.29, 1.82) is 0 Å². The summed E-state index contributed by atoms with van der Waals surface area (Å²) in [5.74, 6) is 1.19. The lowest BCUT2D eigenvalue weighted by Gasteiger charge is -2.33. The number of hydrogen-bond donors (Lipinski definition) is 1. The molecule has 134 valence electrons. The number of benzene rings is 2. The van der Waals surface area contributed by atoms with Crippen LogP contribution in [0.15, 0.2) is 71.9 Å². The van der Waals surface area contributed by atoms with Crippen molar-refractivity contribution >= 4 is 11.6 Å². The predicted octanol–water partition coefficient (Wildman–Crippen LogP) is 4.75. The smallest absolute Gasteiger partial charge is 0.161 e. The van der Waals surface area contributed by atoms with Crippen LogP contribution in [0.4, 0.5) is 5.82 Å². The molecule has 0 radical (unpaired) electrons. The molecule has 1 atom stereocenters. The van der Waals surface area contributed by atoms with E-state index in [2.05, 4.69) is 29.6 Å². The lowest BCUT2D eigenvalue weighted by molar-refractivity contribution is -0.116. The Balaban J connectivity index is 1.76. The van der Waals surface area contributed by atoms with Crippen molar-refractivity contribution in [3.05, 3.63) is 88.8 Å². The molecule has 0 saturated carbocycles. The normalized spacial score (nSPS) is 18.7. The summed E-state index contributed by atoms with van der Waals surface area (Å²) in [6, 6.07) is 20.5. The number of carbonyl (C=O) groups excluding carboxylic acids is 1. The van der Waals surface area contributed by atoms with Crippen molar-refractivity contribution in [1.82, 2.24) is 9.78 Å². The summed E-state index contributed by atoms with van der Waals surface area (Å²) in [6.07, 6.45) is 2.44. The molecule has 0 saturated heterocycles. The van der Waals surface area contributed by atoms with Crippen molar-refractivity contribution in [3.8, 4) is 5.69 Å². The Hall–Kier alpha value is -3.14. The zero-order chi connectivity index (χ0) is 18.4. The van der Waals surface area contributed by atoms with Gasteiger partial charge in [-0.25, -0.2) is 4.68 Å². The first-order valence-corrected chi connectivity index (χ1v) is 9.47. The molecule has 0 bridgehead atoms. The molecule has 27 heavy (non-hydrogen) atoms. The molecule has 4 nitrogen and oxygen atoms in total. The minimum atomic E-state index is -0.0530. The van der Waals surface area contributed by atoms with Gasteiger partial charge in [0.2, 0.25) is 0 Å². The van der Waals surface area contributed by atoms with E-state index in [1.807, 2.05) is 48.0 Å². The fraction of sp³-hybridized carbons (Fsp3) is 0.217. The van der Waals surface area contributed by atoms with Gasteiger partial charge in [0.25, 0.3) is 0 Å². The zero-order valence-corrected chi connectivity index (χ0v) is 15.3. The average molecular weight is 355 g/mol. The Kier molecular flexibility index (Phi) is 3.71. The van der Waals surface area contributed by atoms with Crippen LogP contribution in [0.5, 0.6) is 0 Å². The highest BCUT2D eigenvalue weighted by molar-refractivity contribution is 6.01. The molecular formula is C23H21N3O. The van der Waals surface area contributed by atoms with E-state index in [4.69, 9.17) is 5.10 Å². The van der Waals surface area contributed by atoms with Crippen LogP contribution in [0, 0.1) is 6.92 Å². The molecular weight excluding hydrogens is 334 g/mol. The van der Waals surface area contributed by atoms with E-state index in [1.54, 1.807) is 0 Å². The molecule has 0 unspecified atom stereocenters. The molecule has 0 amide bonds. The van der Waals surface area contributed by atoms with Gasteiger partial charge >= 0.3 is 0 Å². The van der Waals surface area contributed by atoms with Crippen LogP contribution in [0.25, 0.3) is 5.69 Å². The van der Waals surface area contributed by atoms with E-state index in [0.717, 1.165) is 52.4 Å². The van der Waals surface area contributed by atoms with Crippen molar-refractivity contribution in [2.75, 3.05) is 5.32 Å². The largest absolute Gasteiger partial charge is 0.343 e. The van der Waals surface area contributed by atoms with Gasteiger partial charge in [-0.2, -0.15) is 5.10 Å². The van der Waals surface area contributed by atoms with Crippen molar-refractivity contribution in [3.63, 3.8) is 0 Å². The Morgan fingerprint density at radius 3 is 2.44 bits per heavy atom. The van der Waals surface area contributed by atoms with Gasteiger partial charge in [-0.15, -0.1) is 0 Å². The highest BCUT2D eigenvalue weighted by Gasteiger charge is 2.38. The second-order valence-electron chi connectivity index (χ2n) is 7.23. The van der Waals surface area contributed by atoms with Gasteiger partial charge in [0.1, 0.15) is 5.82 Å². The molecule has 0 fully saturated rings. The van der Waals surface area contributed by atoms with Gasteiger partial charge < -0.3 is 5.32 Å². The average Bonchev–Trinajstić information content (AvgIpc) is 3.04. The monoisotopic (exact) mass is 355 g/mol. The van der Waals surface area contributed by atoms with Crippen LogP contribution in [-0.4, -0.2) is 15.6 Å². The van der Waals surface area contributed by atoms with E-state index in [1.165, 1.54) is 0 Å². The fourth-order valence-corrected chi connectivity index (χ4v) is 4.36. The Bertz CT molecular complexity index is 1050. The first kappa shape index (κ1) is 16.1. The van der Waals surface area contributed by atoms with E-state index < -0.39 is 0 Å². The van der Waals surface area contributed by atoms with Gasteiger partial charge in [0.15, 0.2) is 5.78 Å². The van der Waals surface area contributed by atoms with E-state index in [0.29, 0.717) is 6.42 Å². The third kappa shape index (κ3) is 2.52. The van der Waals surface area contributed by atoms with Crippen molar-refractivity contribution < 1.29 is 4.79 Å². The van der Waals surface area contributed by atoms with Gasteiger partial charge in [0.05, 0.1) is 11.4 Å². The predicted molar refractivity (Wildman–Crippen MR) is 106 cm³/mol. The second-order valence-corrected chi connectivity index (χ2v) is 7.23. The van der Waals surface area contributed by atoms with Crippen LogP contribution in [-0.2, 0) is 4.79 Å². The zero-order valence-electron chi connectivity index (χ0n) is 15.3. The number of ketones is 1. The van der Waals surface area contributed by atoms with E-state index in [9.17, 15) is 4.79 Å². The maximum atomic E-state index is 12.9. The summed E-state index contributed by atoms with van der Waals surface area (Å²) in [6.45, 7) is 2.04. The lowest BCUT2D eigenvalue weighted by atomic mass is 9.76. The number of anilines is 1. The first-order chi connectivity index (χ1) is 13.2. The van der Waals surface area contributed by atoms with Crippen molar-refractivity contribution in [2.24, 2.45) is 0 Å². The first-order valence-electron chi connectivity index (χ1n) is 9.47. The summed E-state index contributed by atoms with van der Waals surface area (Å²) in [5.41, 5.74) is 6.23. The van der Waals surface area contributed by atoms with Gasteiger partial charge in [-0.1, -0.05) is 48.5 Å². The minimum Gasteiger partial charge on any atom is -0.343 e. The Morgan fingerprint density at radius 1 is 1.00 bits per heavy atom. The molecule has 5 rings (SSSR count). The molecule has 2 heterocycles. The molecule has 1 aliphatic carbocycles. The second kappa shape index (κ2) is 6.23. The number of hydrogen-bond acceptors (Lipinski definition) is 3. The molecule has 2 aliphatic rings. The summed E-state index contributed by atoms with van der Waals surface area (Å²) < 4.78 is 1.98. The minimum absolute atomic E-state index is 0.0530. The quantitative estimate of drug-likeness (QED) is 0.722. The topological polar surface area (TPSA) is 46.9 Å². The SMILES string of the molecule is Cc1nn(-c2ccccc2)c2c1[C@H](c1ccccc1)C1=C(CCCC1=O)N2. The third-order valence-corrected chi connectivity index (χ3v) is 5.54. The van der Waals surface area contributed by atoms with Crippen LogP contribution in [0.2, 0.25) is 0 Å². The summed E-state index contributed by atoms with van der Waals surface area (Å²) >= 11 is 0.